The Hall–Kier alpha value is -0.940. The van der Waals surface area contributed by atoms with Gasteiger partial charge in [-0.3, -0.25) is 4.79 Å². The van der Waals surface area contributed by atoms with Crippen LogP contribution in [0.15, 0.2) is 24.3 Å². The molecule has 0 aliphatic rings. The fourth-order valence-electron chi connectivity index (χ4n) is 1.62. The molecule has 2 rings (SSSR count). The molecule has 0 saturated heterocycles. The topological polar surface area (TPSA) is 29.1 Å². The molecule has 0 spiro atoms. The molecule has 2 nitrogen and oxygen atoms in total. The zero-order valence-electron chi connectivity index (χ0n) is 9.87. The van der Waals surface area contributed by atoms with Crippen LogP contribution in [0.25, 0.3) is 10.1 Å². The van der Waals surface area contributed by atoms with Crippen LogP contribution in [0.4, 0.5) is 4.39 Å². The summed E-state index contributed by atoms with van der Waals surface area (Å²) in [5.41, 5.74) is 0. The van der Waals surface area contributed by atoms with Crippen molar-refractivity contribution in [3.05, 3.63) is 35.0 Å². The molecule has 5 heteroatoms. The van der Waals surface area contributed by atoms with Crippen molar-refractivity contribution in [2.45, 2.75) is 19.4 Å². The predicted molar refractivity (Wildman–Crippen MR) is 77.1 cm³/mol. The Morgan fingerprint density at radius 2 is 2.28 bits per heavy atom. The van der Waals surface area contributed by atoms with Gasteiger partial charge in [0.15, 0.2) is 0 Å². The smallest absolute Gasteiger partial charge is 0.261 e. The summed E-state index contributed by atoms with van der Waals surface area (Å²) in [6.07, 6.45) is 0.872. The zero-order valence-corrected chi connectivity index (χ0v) is 12.3. The molecule has 1 amide bonds. The minimum absolute atomic E-state index is 0.0945. The van der Waals surface area contributed by atoms with Gasteiger partial charge >= 0.3 is 0 Å². The lowest BCUT2D eigenvalue weighted by Gasteiger charge is -2.12. The Morgan fingerprint density at radius 3 is 2.94 bits per heavy atom. The molecule has 0 radical (unpaired) electrons. The normalized spacial score (nSPS) is 12.6. The van der Waals surface area contributed by atoms with Gasteiger partial charge in [0.2, 0.25) is 0 Å². The van der Waals surface area contributed by atoms with Gasteiger partial charge in [0.25, 0.3) is 5.91 Å². The van der Waals surface area contributed by atoms with E-state index in [4.69, 9.17) is 0 Å². The highest BCUT2D eigenvalue weighted by Crippen LogP contribution is 2.26. The summed E-state index contributed by atoms with van der Waals surface area (Å²) < 4.78 is 13.9. The molecule has 1 atom stereocenters. The molecule has 0 bridgehead atoms. The Bertz CT molecular complexity index is 565. The molecular formula is C13H13BrFNOS. The van der Waals surface area contributed by atoms with Gasteiger partial charge in [-0.2, -0.15) is 0 Å². The highest BCUT2D eigenvalue weighted by molar-refractivity contribution is 9.09. The first-order valence-corrected chi connectivity index (χ1v) is 7.63. The maximum Gasteiger partial charge on any atom is 0.261 e. The minimum Gasteiger partial charge on any atom is -0.348 e. The number of hydrogen-bond donors (Lipinski definition) is 1. The van der Waals surface area contributed by atoms with Gasteiger partial charge in [-0.1, -0.05) is 28.9 Å². The summed E-state index contributed by atoms with van der Waals surface area (Å²) in [5.74, 6) is -0.369. The quantitative estimate of drug-likeness (QED) is 0.845. The van der Waals surface area contributed by atoms with Crippen LogP contribution in [0.3, 0.4) is 0 Å². The van der Waals surface area contributed by atoms with Crippen LogP contribution in [0.1, 0.15) is 23.0 Å². The van der Waals surface area contributed by atoms with E-state index < -0.39 is 0 Å². The molecular weight excluding hydrogens is 317 g/mol. The number of hydrogen-bond acceptors (Lipinski definition) is 2. The van der Waals surface area contributed by atoms with Crippen LogP contribution in [-0.2, 0) is 0 Å². The number of thiophene rings is 1. The number of alkyl halides is 1. The maximum absolute atomic E-state index is 13.1. The number of halogens is 2. The Morgan fingerprint density at radius 1 is 1.50 bits per heavy atom. The monoisotopic (exact) mass is 329 g/mol. The van der Waals surface area contributed by atoms with Crippen molar-refractivity contribution in [2.75, 3.05) is 5.33 Å². The first kappa shape index (κ1) is 13.5. The number of carbonyl (C=O) groups is 1. The molecule has 1 heterocycles. The van der Waals surface area contributed by atoms with Gasteiger partial charge in [0.1, 0.15) is 5.82 Å². The van der Waals surface area contributed by atoms with E-state index in [1.165, 1.54) is 23.5 Å². The summed E-state index contributed by atoms with van der Waals surface area (Å²) in [5, 5.41) is 4.57. The molecule has 0 fully saturated rings. The van der Waals surface area contributed by atoms with Crippen LogP contribution in [-0.4, -0.2) is 17.3 Å². The first-order valence-electron chi connectivity index (χ1n) is 5.70. The van der Waals surface area contributed by atoms with E-state index in [0.29, 0.717) is 4.88 Å². The summed E-state index contributed by atoms with van der Waals surface area (Å²) in [6.45, 7) is 2.02. The number of rotatable bonds is 4. The van der Waals surface area contributed by atoms with Crippen LogP contribution in [0, 0.1) is 5.82 Å². The molecule has 1 N–H and O–H groups in total. The van der Waals surface area contributed by atoms with E-state index in [-0.39, 0.29) is 17.8 Å². The van der Waals surface area contributed by atoms with Gasteiger partial charge in [-0.25, -0.2) is 4.39 Å². The van der Waals surface area contributed by atoms with Crippen LogP contribution >= 0.6 is 27.3 Å². The predicted octanol–water partition coefficient (Wildman–Crippen LogP) is 3.94. The van der Waals surface area contributed by atoms with E-state index in [9.17, 15) is 9.18 Å². The summed E-state index contributed by atoms with van der Waals surface area (Å²) in [6, 6.07) is 6.48. The SMILES string of the molecule is CCC(CBr)NC(=O)c1cc2ccc(F)cc2s1. The molecule has 0 aliphatic heterocycles. The van der Waals surface area contributed by atoms with Gasteiger partial charge in [-0.15, -0.1) is 11.3 Å². The molecule has 18 heavy (non-hydrogen) atoms. The second-order valence-corrected chi connectivity index (χ2v) is 5.76. The maximum atomic E-state index is 13.1. The zero-order chi connectivity index (χ0) is 13.1. The van der Waals surface area contributed by atoms with Crippen molar-refractivity contribution in [3.8, 4) is 0 Å². The lowest BCUT2D eigenvalue weighted by Crippen LogP contribution is -2.34. The summed E-state index contributed by atoms with van der Waals surface area (Å²) >= 11 is 4.68. The molecule has 0 saturated carbocycles. The second kappa shape index (κ2) is 5.80. The number of nitrogens with one attached hydrogen (secondary N) is 1. The third-order valence-corrected chi connectivity index (χ3v) is 4.60. The van der Waals surface area contributed by atoms with Gasteiger partial charge in [0, 0.05) is 16.1 Å². The van der Waals surface area contributed by atoms with Crippen LogP contribution in [0.2, 0.25) is 0 Å². The van der Waals surface area contributed by atoms with Gasteiger partial charge < -0.3 is 5.32 Å². The van der Waals surface area contributed by atoms with Crippen molar-refractivity contribution < 1.29 is 9.18 Å². The second-order valence-electron chi connectivity index (χ2n) is 4.03. The number of benzene rings is 1. The molecule has 0 aliphatic carbocycles. The van der Waals surface area contributed by atoms with Gasteiger partial charge in [0.05, 0.1) is 4.88 Å². The van der Waals surface area contributed by atoms with E-state index in [2.05, 4.69) is 21.2 Å². The lowest BCUT2D eigenvalue weighted by molar-refractivity contribution is 0.0944. The lowest BCUT2D eigenvalue weighted by atomic mass is 10.2. The van der Waals surface area contributed by atoms with Crippen LogP contribution in [0.5, 0.6) is 0 Å². The van der Waals surface area contributed by atoms with E-state index >= 15 is 0 Å². The van der Waals surface area contributed by atoms with Crippen molar-refractivity contribution in [1.82, 2.24) is 5.32 Å². The van der Waals surface area contributed by atoms with Crippen molar-refractivity contribution in [1.29, 1.82) is 0 Å². The van der Waals surface area contributed by atoms with E-state index in [1.807, 2.05) is 6.92 Å². The van der Waals surface area contributed by atoms with Gasteiger partial charge in [-0.05, 0) is 30.0 Å². The largest absolute Gasteiger partial charge is 0.348 e. The van der Waals surface area contributed by atoms with Crippen molar-refractivity contribution in [3.63, 3.8) is 0 Å². The fraction of sp³-hybridized carbons (Fsp3) is 0.308. The average molecular weight is 330 g/mol. The van der Waals surface area contributed by atoms with E-state index in [1.54, 1.807) is 12.1 Å². The molecule has 1 aromatic heterocycles. The first-order chi connectivity index (χ1) is 8.63. The van der Waals surface area contributed by atoms with Crippen LogP contribution < -0.4 is 5.32 Å². The highest BCUT2D eigenvalue weighted by Gasteiger charge is 2.14. The number of fused-ring (bicyclic) bond motifs is 1. The molecule has 2 aromatic rings. The number of amides is 1. The fourth-order valence-corrected chi connectivity index (χ4v) is 3.23. The highest BCUT2D eigenvalue weighted by atomic mass is 79.9. The standard InChI is InChI=1S/C13H13BrFNOS/c1-2-10(7-14)16-13(17)12-5-8-3-4-9(15)6-11(8)18-12/h3-6,10H,2,7H2,1H3,(H,16,17). The number of carbonyl (C=O) groups excluding carboxylic acids is 1. The van der Waals surface area contributed by atoms with Crippen molar-refractivity contribution in [2.24, 2.45) is 0 Å². The Kier molecular flexibility index (Phi) is 4.35. The minimum atomic E-state index is -0.275. The van der Waals surface area contributed by atoms with E-state index in [0.717, 1.165) is 21.8 Å². The third-order valence-electron chi connectivity index (χ3n) is 2.72. The Labute approximate surface area is 117 Å². The Balaban J connectivity index is 2.23. The summed E-state index contributed by atoms with van der Waals surface area (Å²) in [4.78, 5) is 12.6. The molecule has 1 aromatic carbocycles. The summed E-state index contributed by atoms with van der Waals surface area (Å²) in [7, 11) is 0. The van der Waals surface area contributed by atoms with Crippen molar-refractivity contribution >= 4 is 43.3 Å². The third kappa shape index (κ3) is 2.90. The average Bonchev–Trinajstić information content (AvgIpc) is 2.78. The molecule has 96 valence electrons. The molecule has 1 unspecified atom stereocenters.